The summed E-state index contributed by atoms with van der Waals surface area (Å²) in [4.78, 5) is 2.11. The highest BCUT2D eigenvalue weighted by Crippen LogP contribution is 2.21. The van der Waals surface area contributed by atoms with Crippen LogP contribution < -0.4 is 5.32 Å². The van der Waals surface area contributed by atoms with Crippen LogP contribution in [0.25, 0.3) is 0 Å². The van der Waals surface area contributed by atoms with Crippen LogP contribution in [0.3, 0.4) is 0 Å². The van der Waals surface area contributed by atoms with Gasteiger partial charge in [0.05, 0.1) is 11.5 Å². The standard InChI is InChI=1S/C17H18N6O3S/c18-11-14(12-19)17(13-20)21-15-1-3-16(4-2-15)27(25,26)23-7-5-22(6-8-23)9-10-24/h1-4,21,24H,5-10H2. The van der Waals surface area contributed by atoms with Crippen LogP contribution in [0.1, 0.15) is 0 Å². The Morgan fingerprint density at radius 1 is 1.04 bits per heavy atom. The van der Waals surface area contributed by atoms with Crippen molar-refractivity contribution >= 4 is 15.7 Å². The van der Waals surface area contributed by atoms with Crippen LogP contribution in [-0.4, -0.2) is 62.1 Å². The smallest absolute Gasteiger partial charge is 0.243 e. The molecular formula is C17H18N6O3S. The molecule has 0 bridgehead atoms. The van der Waals surface area contributed by atoms with Crippen molar-refractivity contribution in [1.82, 2.24) is 9.21 Å². The number of anilines is 1. The minimum atomic E-state index is -3.64. The molecule has 1 fully saturated rings. The molecule has 2 rings (SSSR count). The van der Waals surface area contributed by atoms with Gasteiger partial charge in [0.2, 0.25) is 10.0 Å². The Kier molecular flexibility index (Phi) is 6.89. The molecule has 10 heteroatoms. The maximum atomic E-state index is 12.7. The number of rotatable bonds is 6. The number of hydrogen-bond donors (Lipinski definition) is 2. The van der Waals surface area contributed by atoms with Crippen LogP contribution in [0, 0.1) is 34.0 Å². The van der Waals surface area contributed by atoms with E-state index in [-0.39, 0.29) is 22.8 Å². The van der Waals surface area contributed by atoms with Crippen LogP contribution in [0.2, 0.25) is 0 Å². The molecule has 0 spiro atoms. The zero-order valence-electron chi connectivity index (χ0n) is 14.5. The predicted molar refractivity (Wildman–Crippen MR) is 96.2 cm³/mol. The third kappa shape index (κ3) is 4.82. The van der Waals surface area contributed by atoms with Crippen molar-refractivity contribution in [3.63, 3.8) is 0 Å². The molecule has 1 aromatic rings. The summed E-state index contributed by atoms with van der Waals surface area (Å²) in [5.74, 6) is 0. The normalized spacial score (nSPS) is 15.2. The molecule has 1 aromatic carbocycles. The molecule has 2 N–H and O–H groups in total. The van der Waals surface area contributed by atoms with Crippen LogP contribution in [0.5, 0.6) is 0 Å². The van der Waals surface area contributed by atoms with Crippen LogP contribution in [0.4, 0.5) is 5.69 Å². The summed E-state index contributed by atoms with van der Waals surface area (Å²) in [5.41, 5.74) is -0.160. The second-order valence-corrected chi connectivity index (χ2v) is 7.64. The first-order chi connectivity index (χ1) is 13.0. The molecule has 0 aromatic heterocycles. The zero-order valence-corrected chi connectivity index (χ0v) is 15.3. The lowest BCUT2D eigenvalue weighted by molar-refractivity contribution is 0.151. The van der Waals surface area contributed by atoms with E-state index in [2.05, 4.69) is 5.32 Å². The van der Waals surface area contributed by atoms with Gasteiger partial charge in [-0.15, -0.1) is 0 Å². The number of nitrogens with one attached hydrogen (secondary N) is 1. The molecule has 1 aliphatic heterocycles. The highest BCUT2D eigenvalue weighted by atomic mass is 32.2. The number of nitrogens with zero attached hydrogens (tertiary/aromatic N) is 5. The minimum absolute atomic E-state index is 0.0413. The molecule has 0 aliphatic carbocycles. The lowest BCUT2D eigenvalue weighted by Crippen LogP contribution is -2.49. The van der Waals surface area contributed by atoms with Crippen molar-refractivity contribution in [2.45, 2.75) is 4.90 Å². The van der Waals surface area contributed by atoms with Crippen LogP contribution in [0.15, 0.2) is 40.4 Å². The van der Waals surface area contributed by atoms with Crippen LogP contribution in [-0.2, 0) is 10.0 Å². The molecule has 0 saturated carbocycles. The number of benzene rings is 1. The monoisotopic (exact) mass is 386 g/mol. The summed E-state index contributed by atoms with van der Waals surface area (Å²) in [6.45, 7) is 2.37. The van der Waals surface area contributed by atoms with Crippen molar-refractivity contribution in [3.8, 4) is 18.2 Å². The van der Waals surface area contributed by atoms with E-state index in [0.29, 0.717) is 38.4 Å². The number of β-amino-alcohol motifs (C(OH)–C–C–N with tert-alkyl or cyclic N) is 1. The van der Waals surface area contributed by atoms with E-state index < -0.39 is 10.0 Å². The van der Waals surface area contributed by atoms with Gasteiger partial charge >= 0.3 is 0 Å². The lowest BCUT2D eigenvalue weighted by atomic mass is 10.2. The number of nitriles is 3. The van der Waals surface area contributed by atoms with E-state index in [4.69, 9.17) is 20.9 Å². The van der Waals surface area contributed by atoms with E-state index in [1.165, 1.54) is 28.6 Å². The zero-order chi connectivity index (χ0) is 19.9. The Morgan fingerprint density at radius 2 is 1.63 bits per heavy atom. The second-order valence-electron chi connectivity index (χ2n) is 5.70. The van der Waals surface area contributed by atoms with Gasteiger partial charge in [-0.05, 0) is 24.3 Å². The van der Waals surface area contributed by atoms with Crippen molar-refractivity contribution in [2.75, 3.05) is 44.6 Å². The minimum Gasteiger partial charge on any atom is -0.395 e. The summed E-state index contributed by atoms with van der Waals surface area (Å²) in [6.07, 6.45) is 0. The molecule has 0 amide bonds. The number of hydrogen-bond acceptors (Lipinski definition) is 8. The highest BCUT2D eigenvalue weighted by molar-refractivity contribution is 7.89. The first-order valence-corrected chi connectivity index (χ1v) is 9.55. The van der Waals surface area contributed by atoms with Gasteiger partial charge in [-0.3, -0.25) is 4.90 Å². The second kappa shape index (κ2) is 9.13. The Labute approximate surface area is 158 Å². The number of allylic oxidation sites excluding steroid dienone is 2. The Hall–Kier alpha value is -2.94. The quantitative estimate of drug-likeness (QED) is 0.661. The summed E-state index contributed by atoms with van der Waals surface area (Å²) >= 11 is 0. The largest absolute Gasteiger partial charge is 0.395 e. The van der Waals surface area contributed by atoms with Gasteiger partial charge in [0, 0.05) is 38.4 Å². The molecule has 0 radical (unpaired) electrons. The summed E-state index contributed by atoms with van der Waals surface area (Å²) in [6, 6.07) is 10.7. The molecule has 1 aliphatic rings. The molecule has 1 saturated heterocycles. The summed E-state index contributed by atoms with van der Waals surface area (Å²) in [7, 11) is -3.64. The van der Waals surface area contributed by atoms with Gasteiger partial charge in [-0.25, -0.2) is 8.42 Å². The van der Waals surface area contributed by atoms with Crippen molar-refractivity contribution in [2.24, 2.45) is 0 Å². The van der Waals surface area contributed by atoms with Crippen molar-refractivity contribution in [3.05, 3.63) is 35.5 Å². The first-order valence-electron chi connectivity index (χ1n) is 8.11. The Morgan fingerprint density at radius 3 is 2.11 bits per heavy atom. The van der Waals surface area contributed by atoms with Gasteiger partial charge in [0.1, 0.15) is 23.9 Å². The molecule has 9 nitrogen and oxygen atoms in total. The molecule has 0 atom stereocenters. The van der Waals surface area contributed by atoms with Gasteiger partial charge in [0.25, 0.3) is 0 Å². The number of piperazine rings is 1. The molecule has 27 heavy (non-hydrogen) atoms. The third-order valence-corrected chi connectivity index (χ3v) is 6.01. The fourth-order valence-electron chi connectivity index (χ4n) is 2.62. The van der Waals surface area contributed by atoms with Crippen molar-refractivity contribution < 1.29 is 13.5 Å². The average molecular weight is 386 g/mol. The topological polar surface area (TPSA) is 144 Å². The Balaban J connectivity index is 2.13. The van der Waals surface area contributed by atoms with E-state index in [1.54, 1.807) is 18.2 Å². The fourth-order valence-corrected chi connectivity index (χ4v) is 4.04. The van der Waals surface area contributed by atoms with Gasteiger partial charge in [-0.1, -0.05) is 0 Å². The van der Waals surface area contributed by atoms with Crippen LogP contribution >= 0.6 is 0 Å². The number of sulfonamides is 1. The number of aliphatic hydroxyl groups excluding tert-OH is 1. The Bertz CT molecular complexity index is 911. The fraction of sp³-hybridized carbons (Fsp3) is 0.353. The van der Waals surface area contributed by atoms with E-state index >= 15 is 0 Å². The van der Waals surface area contributed by atoms with E-state index in [9.17, 15) is 8.42 Å². The highest BCUT2D eigenvalue weighted by Gasteiger charge is 2.28. The van der Waals surface area contributed by atoms with Gasteiger partial charge < -0.3 is 10.4 Å². The van der Waals surface area contributed by atoms with Crippen molar-refractivity contribution in [1.29, 1.82) is 15.8 Å². The van der Waals surface area contributed by atoms with E-state index in [0.717, 1.165) is 0 Å². The van der Waals surface area contributed by atoms with Gasteiger partial charge in [0.15, 0.2) is 5.57 Å². The predicted octanol–water partition coefficient (Wildman–Crippen LogP) is 0.222. The molecule has 0 unspecified atom stereocenters. The molecule has 140 valence electrons. The molecule has 1 heterocycles. The molecular weight excluding hydrogens is 368 g/mol. The summed E-state index contributed by atoms with van der Waals surface area (Å²) < 4.78 is 26.9. The maximum absolute atomic E-state index is 12.7. The SMILES string of the molecule is N#CC(C#N)=C(C#N)Nc1ccc(S(=O)(=O)N2CCN(CCO)CC2)cc1. The lowest BCUT2D eigenvalue weighted by Gasteiger charge is -2.33. The first kappa shape index (κ1) is 20.4. The van der Waals surface area contributed by atoms with Gasteiger partial charge in [-0.2, -0.15) is 20.1 Å². The summed E-state index contributed by atoms with van der Waals surface area (Å²) in [5, 5.41) is 38.3. The van der Waals surface area contributed by atoms with E-state index in [1.807, 2.05) is 4.90 Å². The number of aliphatic hydroxyl groups is 1. The third-order valence-electron chi connectivity index (χ3n) is 4.09. The maximum Gasteiger partial charge on any atom is 0.243 e. The average Bonchev–Trinajstić information content (AvgIpc) is 2.69.